The summed E-state index contributed by atoms with van der Waals surface area (Å²) in [5, 5.41) is 2.63. The molecule has 7 nitrogen and oxygen atoms in total. The zero-order chi connectivity index (χ0) is 18.3. The van der Waals surface area contributed by atoms with E-state index in [1.807, 2.05) is 0 Å². The lowest BCUT2D eigenvalue weighted by molar-refractivity contribution is -0.116. The standard InChI is InChI=1S/C16H24N2O5S/c1-5-23-16(20)13-8-6-7-9-14(13)17-15(19)10-11-18(12(2)3)24(4,21)22/h6-9,12H,5,10-11H2,1-4H3,(H,17,19). The summed E-state index contributed by atoms with van der Waals surface area (Å²) in [4.78, 5) is 24.0. The summed E-state index contributed by atoms with van der Waals surface area (Å²) in [5.41, 5.74) is 0.605. The normalized spacial score (nSPS) is 11.6. The number of esters is 1. The van der Waals surface area contributed by atoms with Crippen molar-refractivity contribution in [1.29, 1.82) is 0 Å². The molecule has 0 aliphatic heterocycles. The van der Waals surface area contributed by atoms with Crippen LogP contribution in [-0.4, -0.2) is 50.0 Å². The second-order valence-corrected chi connectivity index (χ2v) is 7.47. The van der Waals surface area contributed by atoms with Crippen molar-refractivity contribution in [3.63, 3.8) is 0 Å². The Labute approximate surface area is 143 Å². The van der Waals surface area contributed by atoms with Crippen LogP contribution in [0.3, 0.4) is 0 Å². The van der Waals surface area contributed by atoms with E-state index in [0.29, 0.717) is 5.69 Å². The van der Waals surface area contributed by atoms with Crippen molar-refractivity contribution < 1.29 is 22.7 Å². The van der Waals surface area contributed by atoms with Crippen LogP contribution in [0.5, 0.6) is 0 Å². The van der Waals surface area contributed by atoms with E-state index in [9.17, 15) is 18.0 Å². The molecule has 1 rings (SSSR count). The molecule has 8 heteroatoms. The van der Waals surface area contributed by atoms with Gasteiger partial charge in [0.05, 0.1) is 24.1 Å². The van der Waals surface area contributed by atoms with Crippen molar-refractivity contribution in [2.75, 3.05) is 24.7 Å². The third-order valence-corrected chi connectivity index (χ3v) is 4.71. The Morgan fingerprint density at radius 2 is 1.88 bits per heavy atom. The minimum Gasteiger partial charge on any atom is -0.462 e. The van der Waals surface area contributed by atoms with Crippen molar-refractivity contribution in [1.82, 2.24) is 4.31 Å². The van der Waals surface area contributed by atoms with E-state index in [0.717, 1.165) is 6.26 Å². The molecule has 0 fully saturated rings. The molecular formula is C16H24N2O5S. The summed E-state index contributed by atoms with van der Waals surface area (Å²) >= 11 is 0. The molecule has 1 aromatic rings. The molecule has 24 heavy (non-hydrogen) atoms. The number of sulfonamides is 1. The first kappa shape index (κ1) is 20.1. The highest BCUT2D eigenvalue weighted by molar-refractivity contribution is 7.88. The van der Waals surface area contributed by atoms with E-state index in [4.69, 9.17) is 4.74 Å². The first-order valence-corrected chi connectivity index (χ1v) is 9.54. The van der Waals surface area contributed by atoms with E-state index in [1.54, 1.807) is 45.0 Å². The highest BCUT2D eigenvalue weighted by atomic mass is 32.2. The van der Waals surface area contributed by atoms with Crippen molar-refractivity contribution in [2.24, 2.45) is 0 Å². The zero-order valence-electron chi connectivity index (χ0n) is 14.4. The average Bonchev–Trinajstić information content (AvgIpc) is 2.46. The van der Waals surface area contributed by atoms with Crippen LogP contribution in [0.25, 0.3) is 0 Å². The molecular weight excluding hydrogens is 332 g/mol. The molecule has 0 radical (unpaired) electrons. The predicted octanol–water partition coefficient (Wildman–Crippen LogP) is 1.86. The summed E-state index contributed by atoms with van der Waals surface area (Å²) in [7, 11) is -3.38. The molecule has 0 aliphatic rings. The quantitative estimate of drug-likeness (QED) is 0.718. The van der Waals surface area contributed by atoms with Crippen molar-refractivity contribution in [3.8, 4) is 0 Å². The number of anilines is 1. The smallest absolute Gasteiger partial charge is 0.340 e. The van der Waals surface area contributed by atoms with E-state index < -0.39 is 16.0 Å². The number of nitrogens with zero attached hydrogens (tertiary/aromatic N) is 1. The van der Waals surface area contributed by atoms with Gasteiger partial charge in [0, 0.05) is 19.0 Å². The fourth-order valence-electron chi connectivity index (χ4n) is 2.21. The average molecular weight is 356 g/mol. The maximum atomic E-state index is 12.1. The monoisotopic (exact) mass is 356 g/mol. The Morgan fingerprint density at radius 1 is 1.25 bits per heavy atom. The van der Waals surface area contributed by atoms with E-state index in [-0.39, 0.29) is 37.1 Å². The molecule has 0 heterocycles. The van der Waals surface area contributed by atoms with E-state index >= 15 is 0 Å². The van der Waals surface area contributed by atoms with Gasteiger partial charge in [0.15, 0.2) is 0 Å². The molecule has 0 aliphatic carbocycles. The van der Waals surface area contributed by atoms with Gasteiger partial charge in [-0.25, -0.2) is 13.2 Å². The number of carbonyl (C=O) groups excluding carboxylic acids is 2. The largest absolute Gasteiger partial charge is 0.462 e. The molecule has 1 aromatic carbocycles. The van der Waals surface area contributed by atoms with Crippen LogP contribution in [0.2, 0.25) is 0 Å². The summed E-state index contributed by atoms with van der Waals surface area (Å²) in [5.74, 6) is -0.894. The van der Waals surface area contributed by atoms with Gasteiger partial charge in [0.25, 0.3) is 0 Å². The molecule has 0 aromatic heterocycles. The summed E-state index contributed by atoms with van der Waals surface area (Å²) in [6.07, 6.45) is 1.10. The third kappa shape index (κ3) is 5.93. The van der Waals surface area contributed by atoms with Crippen LogP contribution >= 0.6 is 0 Å². The first-order chi connectivity index (χ1) is 11.2. The number of para-hydroxylation sites is 1. The fourth-order valence-corrected chi connectivity index (χ4v) is 3.40. The number of ether oxygens (including phenoxy) is 1. The van der Waals surface area contributed by atoms with Crippen LogP contribution in [0.4, 0.5) is 5.69 Å². The lowest BCUT2D eigenvalue weighted by Gasteiger charge is -2.23. The van der Waals surface area contributed by atoms with Crippen LogP contribution in [0, 0.1) is 0 Å². The third-order valence-electron chi connectivity index (χ3n) is 3.26. The van der Waals surface area contributed by atoms with Crippen molar-refractivity contribution in [3.05, 3.63) is 29.8 Å². The van der Waals surface area contributed by atoms with Crippen LogP contribution < -0.4 is 5.32 Å². The number of carbonyl (C=O) groups is 2. The Bertz CT molecular complexity index is 685. The Balaban J connectivity index is 2.77. The molecule has 0 unspecified atom stereocenters. The number of hydrogen-bond donors (Lipinski definition) is 1. The second-order valence-electron chi connectivity index (χ2n) is 5.53. The number of nitrogens with one attached hydrogen (secondary N) is 1. The minimum atomic E-state index is -3.38. The fraction of sp³-hybridized carbons (Fsp3) is 0.500. The molecule has 0 saturated heterocycles. The highest BCUT2D eigenvalue weighted by Gasteiger charge is 2.21. The minimum absolute atomic E-state index is 0.0115. The van der Waals surface area contributed by atoms with Crippen LogP contribution in [0.1, 0.15) is 37.6 Å². The van der Waals surface area contributed by atoms with E-state index in [2.05, 4.69) is 5.32 Å². The van der Waals surface area contributed by atoms with Gasteiger partial charge < -0.3 is 10.1 Å². The summed E-state index contributed by atoms with van der Waals surface area (Å²) < 4.78 is 29.6. The Kier molecular flexibility index (Phi) is 7.37. The van der Waals surface area contributed by atoms with Gasteiger partial charge >= 0.3 is 5.97 Å². The number of amides is 1. The zero-order valence-corrected chi connectivity index (χ0v) is 15.2. The molecule has 1 amide bonds. The molecule has 0 atom stereocenters. The SMILES string of the molecule is CCOC(=O)c1ccccc1NC(=O)CCN(C(C)C)S(C)(=O)=O. The van der Waals surface area contributed by atoms with Gasteiger partial charge in [0.2, 0.25) is 15.9 Å². The second kappa shape index (κ2) is 8.79. The maximum absolute atomic E-state index is 12.1. The summed E-state index contributed by atoms with van der Waals surface area (Å²) in [6, 6.07) is 6.28. The number of hydrogen-bond acceptors (Lipinski definition) is 5. The maximum Gasteiger partial charge on any atom is 0.340 e. The van der Waals surface area contributed by atoms with E-state index in [1.165, 1.54) is 4.31 Å². The van der Waals surface area contributed by atoms with Gasteiger partial charge in [-0.15, -0.1) is 0 Å². The molecule has 0 bridgehead atoms. The first-order valence-electron chi connectivity index (χ1n) is 7.69. The lowest BCUT2D eigenvalue weighted by Crippen LogP contribution is -2.38. The Hall–Kier alpha value is -1.93. The van der Waals surface area contributed by atoms with Crippen LogP contribution in [-0.2, 0) is 19.6 Å². The van der Waals surface area contributed by atoms with Gasteiger partial charge in [-0.05, 0) is 32.9 Å². The highest BCUT2D eigenvalue weighted by Crippen LogP contribution is 2.17. The van der Waals surface area contributed by atoms with Gasteiger partial charge in [-0.2, -0.15) is 4.31 Å². The molecule has 0 saturated carbocycles. The van der Waals surface area contributed by atoms with Gasteiger partial charge in [-0.3, -0.25) is 4.79 Å². The lowest BCUT2D eigenvalue weighted by atomic mass is 10.1. The molecule has 134 valence electrons. The Morgan fingerprint density at radius 3 is 2.42 bits per heavy atom. The topological polar surface area (TPSA) is 92.8 Å². The van der Waals surface area contributed by atoms with Crippen LogP contribution in [0.15, 0.2) is 24.3 Å². The van der Waals surface area contributed by atoms with Crippen molar-refractivity contribution in [2.45, 2.75) is 33.2 Å². The molecule has 0 spiro atoms. The molecule has 1 N–H and O–H groups in total. The van der Waals surface area contributed by atoms with Gasteiger partial charge in [-0.1, -0.05) is 12.1 Å². The summed E-state index contributed by atoms with van der Waals surface area (Å²) in [6.45, 7) is 5.50. The van der Waals surface area contributed by atoms with Gasteiger partial charge in [0.1, 0.15) is 0 Å². The number of benzene rings is 1. The number of rotatable bonds is 8. The van der Waals surface area contributed by atoms with Crippen molar-refractivity contribution >= 4 is 27.6 Å². The predicted molar refractivity (Wildman–Crippen MR) is 92.3 cm³/mol.